The number of anilines is 2. The molecular weight excluding hydrogens is 434 g/mol. The summed E-state index contributed by atoms with van der Waals surface area (Å²) in [7, 11) is 2.11. The molecular formula is C25H23N5O4. The van der Waals surface area contributed by atoms with Crippen LogP contribution < -0.4 is 15.5 Å². The first-order valence-electron chi connectivity index (χ1n) is 10.9. The maximum absolute atomic E-state index is 12.6. The molecule has 34 heavy (non-hydrogen) atoms. The summed E-state index contributed by atoms with van der Waals surface area (Å²) in [6.45, 7) is 3.92. The number of nitrogens with one attached hydrogen (secondary N) is 2. The first-order valence-corrected chi connectivity index (χ1v) is 10.9. The number of piperazine rings is 1. The highest BCUT2D eigenvalue weighted by molar-refractivity contribution is 6.31. The Hall–Kier alpha value is -4.24. The number of hydrogen-bond acceptors (Lipinski definition) is 8. The predicted octanol–water partition coefficient (Wildman–Crippen LogP) is 2.63. The number of amides is 2. The first kappa shape index (κ1) is 21.6. The zero-order chi connectivity index (χ0) is 23.7. The fourth-order valence-corrected chi connectivity index (χ4v) is 4.08. The number of nitrogens with zero attached hydrogens (tertiary/aromatic N) is 3. The van der Waals surface area contributed by atoms with Crippen molar-refractivity contribution in [3.05, 3.63) is 71.9 Å². The minimum absolute atomic E-state index is 0.199. The van der Waals surface area contributed by atoms with Gasteiger partial charge in [-0.15, -0.1) is 0 Å². The van der Waals surface area contributed by atoms with Crippen LogP contribution in [-0.4, -0.2) is 61.2 Å². The van der Waals surface area contributed by atoms with Gasteiger partial charge in [-0.3, -0.25) is 19.7 Å². The molecule has 3 aromatic rings. The van der Waals surface area contributed by atoms with Crippen LogP contribution in [-0.2, 0) is 4.79 Å². The number of likely N-dealkylation sites (N-methyl/N-ethyl adjacent to an activating group) is 1. The highest BCUT2D eigenvalue weighted by Crippen LogP contribution is 2.30. The monoisotopic (exact) mass is 457 g/mol. The van der Waals surface area contributed by atoms with E-state index in [0.717, 1.165) is 37.4 Å². The SMILES string of the molecule is CN1CCN(c2ccc(N/C=C3\C(=O)NC(=O)c4ccc(-c5coc(C=O)c5)cc43)nc2)CC1. The third-order valence-electron chi connectivity index (χ3n) is 6.08. The number of aromatic nitrogens is 1. The molecule has 2 aliphatic heterocycles. The second kappa shape index (κ2) is 8.95. The molecule has 2 aromatic heterocycles. The molecule has 1 aromatic carbocycles. The van der Waals surface area contributed by atoms with E-state index < -0.39 is 11.8 Å². The van der Waals surface area contributed by atoms with Crippen LogP contribution >= 0.6 is 0 Å². The Kier molecular flexibility index (Phi) is 5.69. The molecule has 172 valence electrons. The van der Waals surface area contributed by atoms with Crippen LogP contribution in [0.3, 0.4) is 0 Å². The maximum Gasteiger partial charge on any atom is 0.260 e. The van der Waals surface area contributed by atoms with Gasteiger partial charge in [0.25, 0.3) is 11.8 Å². The Labute approximate surface area is 196 Å². The van der Waals surface area contributed by atoms with E-state index in [1.807, 2.05) is 18.3 Å². The lowest BCUT2D eigenvalue weighted by molar-refractivity contribution is -0.114. The molecule has 2 N–H and O–H groups in total. The molecule has 5 rings (SSSR count). The smallest absolute Gasteiger partial charge is 0.260 e. The number of carbonyl (C=O) groups is 3. The second-order valence-corrected chi connectivity index (χ2v) is 8.29. The molecule has 1 saturated heterocycles. The lowest BCUT2D eigenvalue weighted by Crippen LogP contribution is -2.44. The van der Waals surface area contributed by atoms with Crippen LogP contribution in [0.4, 0.5) is 11.5 Å². The highest BCUT2D eigenvalue weighted by Gasteiger charge is 2.28. The van der Waals surface area contributed by atoms with Crippen molar-refractivity contribution in [2.75, 3.05) is 43.4 Å². The topological polar surface area (TPSA) is 108 Å². The van der Waals surface area contributed by atoms with E-state index >= 15 is 0 Å². The molecule has 0 radical (unpaired) electrons. The summed E-state index contributed by atoms with van der Waals surface area (Å²) in [6, 6.07) is 10.6. The van der Waals surface area contributed by atoms with Crippen LogP contribution in [0.5, 0.6) is 0 Å². The molecule has 0 bridgehead atoms. The molecule has 9 heteroatoms. The van der Waals surface area contributed by atoms with Crippen molar-refractivity contribution in [3.63, 3.8) is 0 Å². The van der Waals surface area contributed by atoms with Crippen LogP contribution in [0.25, 0.3) is 16.7 Å². The molecule has 2 amide bonds. The number of carbonyl (C=O) groups excluding carboxylic acids is 3. The average molecular weight is 457 g/mol. The quantitative estimate of drug-likeness (QED) is 0.342. The van der Waals surface area contributed by atoms with Crippen molar-refractivity contribution < 1.29 is 18.8 Å². The number of rotatable bonds is 5. The zero-order valence-corrected chi connectivity index (χ0v) is 18.6. The van der Waals surface area contributed by atoms with E-state index in [9.17, 15) is 14.4 Å². The van der Waals surface area contributed by atoms with Gasteiger partial charge in [-0.1, -0.05) is 6.07 Å². The number of benzene rings is 1. The lowest BCUT2D eigenvalue weighted by atomic mass is 9.92. The number of fused-ring (bicyclic) bond motifs is 1. The first-order chi connectivity index (χ1) is 16.5. The van der Waals surface area contributed by atoms with Gasteiger partial charge in [0, 0.05) is 49.1 Å². The third-order valence-corrected chi connectivity index (χ3v) is 6.08. The van der Waals surface area contributed by atoms with E-state index in [2.05, 4.69) is 32.5 Å². The minimum Gasteiger partial charge on any atom is -0.461 e. The summed E-state index contributed by atoms with van der Waals surface area (Å²) in [5, 5.41) is 5.44. The van der Waals surface area contributed by atoms with Crippen molar-refractivity contribution in [2.45, 2.75) is 0 Å². The van der Waals surface area contributed by atoms with Crippen LogP contribution in [0.1, 0.15) is 26.5 Å². The van der Waals surface area contributed by atoms with Crippen molar-refractivity contribution in [1.82, 2.24) is 15.2 Å². The summed E-state index contributed by atoms with van der Waals surface area (Å²) in [5.74, 6) is -0.181. The van der Waals surface area contributed by atoms with E-state index in [1.54, 1.807) is 30.5 Å². The van der Waals surface area contributed by atoms with Gasteiger partial charge >= 0.3 is 0 Å². The number of aldehydes is 1. The van der Waals surface area contributed by atoms with Gasteiger partial charge in [0.2, 0.25) is 0 Å². The van der Waals surface area contributed by atoms with Gasteiger partial charge in [0.05, 0.1) is 23.7 Å². The van der Waals surface area contributed by atoms with Gasteiger partial charge in [0.15, 0.2) is 12.0 Å². The van der Waals surface area contributed by atoms with E-state index in [-0.39, 0.29) is 5.76 Å². The Morgan fingerprint density at radius 3 is 2.53 bits per heavy atom. The van der Waals surface area contributed by atoms with Gasteiger partial charge in [-0.25, -0.2) is 4.98 Å². The molecule has 4 heterocycles. The fourth-order valence-electron chi connectivity index (χ4n) is 4.08. The van der Waals surface area contributed by atoms with Crippen LogP contribution in [0.2, 0.25) is 0 Å². The molecule has 0 atom stereocenters. The summed E-state index contributed by atoms with van der Waals surface area (Å²) < 4.78 is 5.19. The van der Waals surface area contributed by atoms with Crippen molar-refractivity contribution in [3.8, 4) is 11.1 Å². The average Bonchev–Trinajstić information content (AvgIpc) is 3.34. The Bertz CT molecular complexity index is 1290. The molecule has 2 aliphatic rings. The number of hydrogen-bond donors (Lipinski definition) is 2. The summed E-state index contributed by atoms with van der Waals surface area (Å²) >= 11 is 0. The standard InChI is InChI=1S/C25H23N5O4/c1-29-6-8-30(9-7-29)18-3-5-23(26-12-18)27-13-22-21-11-16(17-10-19(14-31)34-15-17)2-4-20(21)24(32)28-25(22)33/h2-5,10-15H,6-9H2,1H3,(H,26,27)(H,28,32,33)/b22-13-. The number of imide groups is 1. The molecule has 0 unspecified atom stereocenters. The Balaban J connectivity index is 1.40. The van der Waals surface area contributed by atoms with E-state index in [0.29, 0.717) is 34.4 Å². The molecule has 0 saturated carbocycles. The van der Waals surface area contributed by atoms with E-state index in [1.165, 1.54) is 6.26 Å². The van der Waals surface area contributed by atoms with Gasteiger partial charge < -0.3 is 19.5 Å². The van der Waals surface area contributed by atoms with Gasteiger partial charge in [-0.2, -0.15) is 0 Å². The molecule has 0 aliphatic carbocycles. The van der Waals surface area contributed by atoms with Crippen molar-refractivity contribution >= 4 is 35.2 Å². The zero-order valence-electron chi connectivity index (χ0n) is 18.6. The predicted molar refractivity (Wildman–Crippen MR) is 128 cm³/mol. The summed E-state index contributed by atoms with van der Waals surface area (Å²) in [5.41, 5.74) is 3.63. The van der Waals surface area contributed by atoms with Crippen molar-refractivity contribution in [2.24, 2.45) is 0 Å². The number of furan rings is 1. The largest absolute Gasteiger partial charge is 0.461 e. The number of pyridine rings is 1. The van der Waals surface area contributed by atoms with Crippen LogP contribution in [0.15, 0.2) is 59.5 Å². The van der Waals surface area contributed by atoms with Crippen LogP contribution in [0, 0.1) is 0 Å². The summed E-state index contributed by atoms with van der Waals surface area (Å²) in [4.78, 5) is 45.0. The van der Waals surface area contributed by atoms with E-state index in [4.69, 9.17) is 4.42 Å². The maximum atomic E-state index is 12.6. The highest BCUT2D eigenvalue weighted by atomic mass is 16.3. The van der Waals surface area contributed by atoms with Gasteiger partial charge in [0.1, 0.15) is 5.82 Å². The lowest BCUT2D eigenvalue weighted by Gasteiger charge is -2.33. The Morgan fingerprint density at radius 1 is 1.00 bits per heavy atom. The normalized spacial score (nSPS) is 17.4. The molecule has 0 spiro atoms. The Morgan fingerprint density at radius 2 is 1.82 bits per heavy atom. The molecule has 1 fully saturated rings. The third kappa shape index (κ3) is 4.20. The van der Waals surface area contributed by atoms with Gasteiger partial charge in [-0.05, 0) is 42.9 Å². The fraction of sp³-hybridized carbons (Fsp3) is 0.200. The summed E-state index contributed by atoms with van der Waals surface area (Å²) in [6.07, 6.45) is 5.44. The second-order valence-electron chi connectivity index (χ2n) is 8.29. The van der Waals surface area contributed by atoms with Crippen molar-refractivity contribution in [1.29, 1.82) is 0 Å². The minimum atomic E-state index is -0.503. The molecule has 9 nitrogen and oxygen atoms in total.